The van der Waals surface area contributed by atoms with Crippen LogP contribution in [0.5, 0.6) is 0 Å². The first-order valence-electron chi connectivity index (χ1n) is 9.50. The molecular formula is C20H22N2O5S. The van der Waals surface area contributed by atoms with Crippen molar-refractivity contribution in [1.82, 2.24) is 10.3 Å². The number of hydrogen-bond donors (Lipinski definition) is 1. The van der Waals surface area contributed by atoms with Gasteiger partial charge in [-0.15, -0.1) is 0 Å². The van der Waals surface area contributed by atoms with Crippen LogP contribution in [-0.4, -0.2) is 49.4 Å². The molecule has 8 heteroatoms. The van der Waals surface area contributed by atoms with E-state index < -0.39 is 34.4 Å². The largest absolute Gasteiger partial charge is 0.452 e. The normalized spacial score (nSPS) is 20.5. The Morgan fingerprint density at radius 2 is 1.96 bits per heavy atom. The molecule has 2 heterocycles. The van der Waals surface area contributed by atoms with E-state index in [4.69, 9.17) is 9.72 Å². The van der Waals surface area contributed by atoms with E-state index in [1.807, 2.05) is 24.3 Å². The number of hydrogen-bond acceptors (Lipinski definition) is 6. The third-order valence-electron chi connectivity index (χ3n) is 5.31. The van der Waals surface area contributed by atoms with Gasteiger partial charge < -0.3 is 10.1 Å². The number of carbonyl (C=O) groups is 2. The van der Waals surface area contributed by atoms with Crippen molar-refractivity contribution in [2.45, 2.75) is 38.1 Å². The number of benzene rings is 1. The Morgan fingerprint density at radius 1 is 1.18 bits per heavy atom. The number of para-hydroxylation sites is 1. The van der Waals surface area contributed by atoms with Gasteiger partial charge in [0.1, 0.15) is 0 Å². The summed E-state index contributed by atoms with van der Waals surface area (Å²) < 4.78 is 28.3. The lowest BCUT2D eigenvalue weighted by Gasteiger charge is -2.20. The number of rotatable bonds is 4. The molecule has 28 heavy (non-hydrogen) atoms. The van der Waals surface area contributed by atoms with Crippen LogP contribution in [0.4, 0.5) is 0 Å². The lowest BCUT2D eigenvalue weighted by molar-refractivity contribution is -0.124. The van der Waals surface area contributed by atoms with Gasteiger partial charge in [0.25, 0.3) is 5.91 Å². The maximum absolute atomic E-state index is 12.8. The number of amides is 1. The SMILES string of the molecule is O=C(COC(=O)c1c2c(nc3ccccc13)CCCC2)NC1CCS(=O)(=O)C1. The van der Waals surface area contributed by atoms with Crippen LogP contribution in [0.1, 0.15) is 40.9 Å². The molecule has 1 saturated heterocycles. The van der Waals surface area contributed by atoms with Crippen LogP contribution in [0.25, 0.3) is 10.9 Å². The average Bonchev–Trinajstić information content (AvgIpc) is 3.02. The van der Waals surface area contributed by atoms with Gasteiger partial charge in [0.15, 0.2) is 16.4 Å². The minimum absolute atomic E-state index is 0.0603. The monoisotopic (exact) mass is 402 g/mol. The molecule has 2 aromatic rings. The predicted molar refractivity (Wildman–Crippen MR) is 104 cm³/mol. The van der Waals surface area contributed by atoms with E-state index in [2.05, 4.69) is 5.32 Å². The highest BCUT2D eigenvalue weighted by molar-refractivity contribution is 7.91. The number of aromatic nitrogens is 1. The molecule has 4 rings (SSSR count). The molecule has 2 aliphatic rings. The standard InChI is InChI=1S/C20H22N2O5S/c23-18(21-13-9-10-28(25,26)12-13)11-27-20(24)19-14-5-1-3-7-16(14)22-17-8-4-2-6-15(17)19/h1,3,5,7,13H,2,4,6,8-12H2,(H,21,23). The van der Waals surface area contributed by atoms with E-state index in [9.17, 15) is 18.0 Å². The maximum Gasteiger partial charge on any atom is 0.339 e. The van der Waals surface area contributed by atoms with Crippen LogP contribution in [0.3, 0.4) is 0 Å². The minimum Gasteiger partial charge on any atom is -0.452 e. The van der Waals surface area contributed by atoms with E-state index in [0.717, 1.165) is 47.8 Å². The van der Waals surface area contributed by atoms with Crippen molar-refractivity contribution >= 4 is 32.6 Å². The first-order chi connectivity index (χ1) is 13.4. The number of esters is 1. The molecule has 0 radical (unpaired) electrons. The molecule has 0 spiro atoms. The van der Waals surface area contributed by atoms with Gasteiger partial charge in [-0.2, -0.15) is 0 Å². The Hall–Kier alpha value is -2.48. The molecule has 0 bridgehead atoms. The second kappa shape index (κ2) is 7.50. The van der Waals surface area contributed by atoms with Gasteiger partial charge in [0, 0.05) is 17.1 Å². The fourth-order valence-corrected chi connectivity index (χ4v) is 5.66. The zero-order chi connectivity index (χ0) is 19.7. The van der Waals surface area contributed by atoms with Crippen LogP contribution < -0.4 is 5.32 Å². The lowest BCUT2D eigenvalue weighted by atomic mass is 9.90. The van der Waals surface area contributed by atoms with Crippen molar-refractivity contribution < 1.29 is 22.7 Å². The maximum atomic E-state index is 12.8. The summed E-state index contributed by atoms with van der Waals surface area (Å²) in [5.41, 5.74) is 3.09. The molecule has 148 valence electrons. The summed E-state index contributed by atoms with van der Waals surface area (Å²) in [6.45, 7) is -0.430. The van der Waals surface area contributed by atoms with Crippen LogP contribution in [0, 0.1) is 0 Å². The number of carbonyl (C=O) groups excluding carboxylic acids is 2. The predicted octanol–water partition coefficient (Wildman–Crippen LogP) is 1.57. The Balaban J connectivity index is 1.50. The Kier molecular flexibility index (Phi) is 5.05. The molecular weight excluding hydrogens is 380 g/mol. The van der Waals surface area contributed by atoms with Crippen LogP contribution in [0.2, 0.25) is 0 Å². The molecule has 1 aromatic carbocycles. The van der Waals surface area contributed by atoms with Crippen molar-refractivity contribution in [1.29, 1.82) is 0 Å². The first-order valence-corrected chi connectivity index (χ1v) is 11.3. The summed E-state index contributed by atoms with van der Waals surface area (Å²) in [7, 11) is -3.08. The van der Waals surface area contributed by atoms with E-state index in [1.165, 1.54) is 0 Å². The molecule has 0 saturated carbocycles. The van der Waals surface area contributed by atoms with E-state index in [-0.39, 0.29) is 11.5 Å². The Bertz CT molecular complexity index is 1050. The van der Waals surface area contributed by atoms with E-state index in [0.29, 0.717) is 12.0 Å². The van der Waals surface area contributed by atoms with Crippen molar-refractivity contribution in [3.8, 4) is 0 Å². The zero-order valence-corrected chi connectivity index (χ0v) is 16.3. The number of aryl methyl sites for hydroxylation is 1. The highest BCUT2D eigenvalue weighted by Gasteiger charge is 2.29. The van der Waals surface area contributed by atoms with Gasteiger partial charge in [-0.3, -0.25) is 9.78 Å². The molecule has 1 fully saturated rings. The number of sulfone groups is 1. The molecule has 1 atom stereocenters. The molecule has 1 aromatic heterocycles. The van der Waals surface area contributed by atoms with Crippen LogP contribution in [0.15, 0.2) is 24.3 Å². The summed E-state index contributed by atoms with van der Waals surface area (Å²) in [5.74, 6) is -1.00. The van der Waals surface area contributed by atoms with Crippen molar-refractivity contribution in [3.63, 3.8) is 0 Å². The highest BCUT2D eigenvalue weighted by atomic mass is 32.2. The highest BCUT2D eigenvalue weighted by Crippen LogP contribution is 2.29. The fraction of sp³-hybridized carbons (Fsp3) is 0.450. The van der Waals surface area contributed by atoms with E-state index >= 15 is 0 Å². The number of nitrogens with zero attached hydrogens (tertiary/aromatic N) is 1. The van der Waals surface area contributed by atoms with Gasteiger partial charge in [-0.1, -0.05) is 18.2 Å². The minimum atomic E-state index is -3.08. The second-order valence-corrected chi connectivity index (χ2v) is 9.61. The number of fused-ring (bicyclic) bond motifs is 2. The fourth-order valence-electron chi connectivity index (χ4n) is 3.99. The first kappa shape index (κ1) is 18.9. The third kappa shape index (κ3) is 3.87. The Morgan fingerprint density at radius 3 is 2.75 bits per heavy atom. The van der Waals surface area contributed by atoms with Gasteiger partial charge in [0.2, 0.25) is 0 Å². The summed E-state index contributed by atoms with van der Waals surface area (Å²) in [6.07, 6.45) is 4.02. The number of ether oxygens (including phenoxy) is 1. The summed E-state index contributed by atoms with van der Waals surface area (Å²) in [4.78, 5) is 29.6. The molecule has 1 aliphatic carbocycles. The van der Waals surface area contributed by atoms with Crippen LogP contribution in [-0.2, 0) is 32.2 Å². The zero-order valence-electron chi connectivity index (χ0n) is 15.4. The number of pyridine rings is 1. The smallest absolute Gasteiger partial charge is 0.339 e. The third-order valence-corrected chi connectivity index (χ3v) is 7.07. The summed E-state index contributed by atoms with van der Waals surface area (Å²) in [5, 5.41) is 3.37. The molecule has 1 aliphatic heterocycles. The molecule has 1 N–H and O–H groups in total. The van der Waals surface area contributed by atoms with Crippen molar-refractivity contribution in [3.05, 3.63) is 41.1 Å². The van der Waals surface area contributed by atoms with Gasteiger partial charge in [0.05, 0.1) is 22.6 Å². The van der Waals surface area contributed by atoms with Crippen LogP contribution >= 0.6 is 0 Å². The van der Waals surface area contributed by atoms with Gasteiger partial charge in [-0.25, -0.2) is 13.2 Å². The molecule has 1 unspecified atom stereocenters. The topological polar surface area (TPSA) is 102 Å². The van der Waals surface area contributed by atoms with Crippen molar-refractivity contribution in [2.24, 2.45) is 0 Å². The lowest BCUT2D eigenvalue weighted by Crippen LogP contribution is -2.38. The Labute approximate surface area is 163 Å². The van der Waals surface area contributed by atoms with Gasteiger partial charge in [-0.05, 0) is 43.7 Å². The molecule has 7 nitrogen and oxygen atoms in total. The van der Waals surface area contributed by atoms with Crippen molar-refractivity contribution in [2.75, 3.05) is 18.1 Å². The summed E-state index contributed by atoms with van der Waals surface area (Å²) >= 11 is 0. The second-order valence-electron chi connectivity index (χ2n) is 7.38. The average molecular weight is 402 g/mol. The van der Waals surface area contributed by atoms with Gasteiger partial charge >= 0.3 is 5.97 Å². The quantitative estimate of drug-likeness (QED) is 0.779. The summed E-state index contributed by atoms with van der Waals surface area (Å²) in [6, 6.07) is 7.03. The molecule has 1 amide bonds. The number of nitrogens with one attached hydrogen (secondary N) is 1. The van der Waals surface area contributed by atoms with E-state index in [1.54, 1.807) is 0 Å².